The Kier molecular flexibility index (Phi) is 6.07. The molecule has 3 aliphatic heterocycles. The molecule has 3 heterocycles. The van der Waals surface area contributed by atoms with Crippen LogP contribution in [0.4, 0.5) is 17.1 Å². The van der Waals surface area contributed by atoms with Crippen molar-refractivity contribution < 1.29 is 9.47 Å². The normalized spacial score (nSPS) is 15.8. The molecule has 0 fully saturated rings. The van der Waals surface area contributed by atoms with E-state index in [4.69, 9.17) is 9.47 Å². The number of anilines is 3. The summed E-state index contributed by atoms with van der Waals surface area (Å²) in [5.74, 6) is 3.23. The van der Waals surface area contributed by atoms with E-state index < -0.39 is 0 Å². The van der Waals surface area contributed by atoms with Gasteiger partial charge >= 0.3 is 0 Å². The number of allylic oxidation sites excluding steroid dienone is 2. The summed E-state index contributed by atoms with van der Waals surface area (Å²) >= 11 is 0. The summed E-state index contributed by atoms with van der Waals surface area (Å²) in [5, 5.41) is 3.88. The van der Waals surface area contributed by atoms with E-state index in [9.17, 15) is 0 Å². The van der Waals surface area contributed by atoms with E-state index in [-0.39, 0.29) is 6.04 Å². The quantitative estimate of drug-likeness (QED) is 0.220. The maximum Gasteiger partial charge on any atom is 0.159 e. The lowest BCUT2D eigenvalue weighted by atomic mass is 9.86. The van der Waals surface area contributed by atoms with Gasteiger partial charge in [0, 0.05) is 11.3 Å². The molecule has 6 aromatic rings. The highest BCUT2D eigenvalue weighted by molar-refractivity contribution is 5.96. The fourth-order valence-electron chi connectivity index (χ4n) is 6.90. The summed E-state index contributed by atoms with van der Waals surface area (Å²) in [6.07, 6.45) is 2.29. The zero-order chi connectivity index (χ0) is 30.6. The van der Waals surface area contributed by atoms with Crippen LogP contribution < -0.4 is 19.7 Å². The third kappa shape index (κ3) is 4.22. The third-order valence-electron chi connectivity index (χ3n) is 9.11. The summed E-state index contributed by atoms with van der Waals surface area (Å²) in [7, 11) is 0. The molecule has 0 aromatic heterocycles. The molecule has 4 nitrogen and oxygen atoms in total. The average Bonchev–Trinajstić information content (AvgIpc) is 3.12. The van der Waals surface area contributed by atoms with Crippen LogP contribution in [0.1, 0.15) is 29.7 Å². The van der Waals surface area contributed by atoms with Crippen molar-refractivity contribution in [2.24, 2.45) is 0 Å². The number of fused-ring (bicyclic) bond motifs is 4. The Hall–Kier alpha value is -6.00. The summed E-state index contributed by atoms with van der Waals surface area (Å²) in [4.78, 5) is 2.27. The Morgan fingerprint density at radius 1 is 0.565 bits per heavy atom. The standard InChI is InChI=1S/C42H30N2O2/c1-27-33(28-13-4-2-5-14-28)26-34(29-15-6-3-7-16-29)43-40(27)31-18-10-17-30(25-31)32-19-11-21-36-42(32)46-39-24-12-23-38-41(39)44(36)35-20-8-9-22-37(35)45-38/h2-26,40,43H,1H3. The smallest absolute Gasteiger partial charge is 0.159 e. The minimum absolute atomic E-state index is 0.00905. The maximum absolute atomic E-state index is 6.73. The molecule has 0 bridgehead atoms. The highest BCUT2D eigenvalue weighted by atomic mass is 16.5. The fourth-order valence-corrected chi connectivity index (χ4v) is 6.90. The minimum Gasteiger partial charge on any atom is -0.453 e. The van der Waals surface area contributed by atoms with Crippen LogP contribution in [0.25, 0.3) is 22.4 Å². The molecule has 6 aromatic carbocycles. The number of benzene rings is 6. The van der Waals surface area contributed by atoms with Gasteiger partial charge in [0.05, 0.1) is 17.4 Å². The topological polar surface area (TPSA) is 33.7 Å². The summed E-state index contributed by atoms with van der Waals surface area (Å²) in [5.41, 5.74) is 12.3. The average molecular weight is 595 g/mol. The number of nitrogens with one attached hydrogen (secondary N) is 1. The van der Waals surface area contributed by atoms with Crippen LogP contribution in [-0.2, 0) is 0 Å². The minimum atomic E-state index is -0.00905. The van der Waals surface area contributed by atoms with Gasteiger partial charge in [0.25, 0.3) is 0 Å². The Bertz CT molecular complexity index is 2200. The monoisotopic (exact) mass is 594 g/mol. The lowest BCUT2D eigenvalue weighted by molar-refractivity contribution is 0.447. The first-order valence-corrected chi connectivity index (χ1v) is 15.6. The van der Waals surface area contributed by atoms with Crippen molar-refractivity contribution in [2.75, 3.05) is 4.90 Å². The highest BCUT2D eigenvalue weighted by Crippen LogP contribution is 2.60. The number of dihydropyridines is 1. The first-order valence-electron chi connectivity index (χ1n) is 15.6. The molecule has 1 atom stereocenters. The van der Waals surface area contributed by atoms with Crippen molar-refractivity contribution in [1.82, 2.24) is 5.32 Å². The SMILES string of the molecule is CC1=C(c2ccccc2)C=C(c2ccccc2)NC1c1cccc(-c2cccc3c2Oc2cccc4c2N3c2ccccc2O4)c1. The van der Waals surface area contributed by atoms with Gasteiger partial charge in [-0.2, -0.15) is 0 Å². The van der Waals surface area contributed by atoms with Crippen molar-refractivity contribution >= 4 is 28.3 Å². The van der Waals surface area contributed by atoms with Crippen molar-refractivity contribution in [1.29, 1.82) is 0 Å². The molecule has 0 amide bonds. The van der Waals surface area contributed by atoms with Crippen LogP contribution in [0.3, 0.4) is 0 Å². The van der Waals surface area contributed by atoms with Crippen LogP contribution in [0.5, 0.6) is 23.0 Å². The summed E-state index contributed by atoms with van der Waals surface area (Å²) in [6.45, 7) is 2.24. The molecule has 0 saturated carbocycles. The molecule has 220 valence electrons. The Morgan fingerprint density at radius 2 is 1.20 bits per heavy atom. The molecule has 1 unspecified atom stereocenters. The molecule has 46 heavy (non-hydrogen) atoms. The van der Waals surface area contributed by atoms with E-state index in [1.54, 1.807) is 0 Å². The second-order valence-electron chi connectivity index (χ2n) is 11.9. The zero-order valence-electron chi connectivity index (χ0n) is 25.3. The fraction of sp³-hybridized carbons (Fsp3) is 0.0476. The third-order valence-corrected chi connectivity index (χ3v) is 9.11. The molecule has 0 radical (unpaired) electrons. The number of hydrogen-bond acceptors (Lipinski definition) is 4. The Labute approximate surface area is 268 Å². The van der Waals surface area contributed by atoms with Gasteiger partial charge in [-0.1, -0.05) is 109 Å². The second-order valence-corrected chi connectivity index (χ2v) is 11.9. The van der Waals surface area contributed by atoms with Gasteiger partial charge in [-0.15, -0.1) is 0 Å². The van der Waals surface area contributed by atoms with Crippen LogP contribution in [-0.4, -0.2) is 0 Å². The van der Waals surface area contributed by atoms with Gasteiger partial charge in [0.15, 0.2) is 23.0 Å². The second kappa shape index (κ2) is 10.6. The van der Waals surface area contributed by atoms with Crippen molar-refractivity contribution in [3.63, 3.8) is 0 Å². The molecule has 3 aliphatic rings. The van der Waals surface area contributed by atoms with E-state index >= 15 is 0 Å². The summed E-state index contributed by atoms with van der Waals surface area (Å²) in [6, 6.07) is 50.6. The van der Waals surface area contributed by atoms with E-state index in [0.29, 0.717) is 0 Å². The van der Waals surface area contributed by atoms with Gasteiger partial charge in [-0.3, -0.25) is 4.90 Å². The van der Waals surface area contributed by atoms with Crippen LogP contribution >= 0.6 is 0 Å². The van der Waals surface area contributed by atoms with Crippen molar-refractivity contribution in [3.05, 3.63) is 174 Å². The van der Waals surface area contributed by atoms with Gasteiger partial charge < -0.3 is 14.8 Å². The number of nitrogens with zero attached hydrogens (tertiary/aromatic N) is 1. The maximum atomic E-state index is 6.73. The van der Waals surface area contributed by atoms with Gasteiger partial charge in [0.2, 0.25) is 0 Å². The lowest BCUT2D eigenvalue weighted by Gasteiger charge is -2.38. The van der Waals surface area contributed by atoms with Crippen LogP contribution in [0, 0.1) is 0 Å². The molecule has 0 saturated heterocycles. The van der Waals surface area contributed by atoms with Crippen LogP contribution in [0.2, 0.25) is 0 Å². The molecule has 9 rings (SSSR count). The van der Waals surface area contributed by atoms with Crippen molar-refractivity contribution in [2.45, 2.75) is 13.0 Å². The van der Waals surface area contributed by atoms with Gasteiger partial charge in [0.1, 0.15) is 5.69 Å². The van der Waals surface area contributed by atoms with E-state index in [1.807, 2.05) is 36.4 Å². The van der Waals surface area contributed by atoms with Gasteiger partial charge in [-0.25, -0.2) is 0 Å². The predicted molar refractivity (Wildman–Crippen MR) is 186 cm³/mol. The first kappa shape index (κ1) is 26.4. The summed E-state index contributed by atoms with van der Waals surface area (Å²) < 4.78 is 13.0. The van der Waals surface area contributed by atoms with E-state index in [2.05, 4.69) is 132 Å². The molecular weight excluding hydrogens is 564 g/mol. The molecule has 1 N–H and O–H groups in total. The van der Waals surface area contributed by atoms with E-state index in [0.717, 1.165) is 56.9 Å². The number of hydrogen-bond donors (Lipinski definition) is 1. The van der Waals surface area contributed by atoms with E-state index in [1.165, 1.54) is 27.8 Å². The predicted octanol–water partition coefficient (Wildman–Crippen LogP) is 11.2. The zero-order valence-corrected chi connectivity index (χ0v) is 25.3. The first-order chi connectivity index (χ1) is 22.7. The lowest BCUT2D eigenvalue weighted by Crippen LogP contribution is -2.25. The Morgan fingerprint density at radius 3 is 2.02 bits per heavy atom. The highest BCUT2D eigenvalue weighted by Gasteiger charge is 2.35. The number of rotatable bonds is 4. The van der Waals surface area contributed by atoms with Gasteiger partial charge in [-0.05, 0) is 82.8 Å². The molecule has 4 heteroatoms. The Balaban J connectivity index is 1.16. The molecule has 0 aliphatic carbocycles. The number of ether oxygens (including phenoxy) is 2. The number of para-hydroxylation sites is 4. The van der Waals surface area contributed by atoms with Crippen molar-refractivity contribution in [3.8, 4) is 34.1 Å². The largest absolute Gasteiger partial charge is 0.453 e. The van der Waals surface area contributed by atoms with Crippen LogP contribution in [0.15, 0.2) is 157 Å². The molecular formula is C42H30N2O2. The molecule has 0 spiro atoms.